The largest absolute Gasteiger partial charge is 0.474 e. The number of anilines is 1. The molecule has 0 saturated carbocycles. The van der Waals surface area contributed by atoms with Crippen LogP contribution in [0.5, 0.6) is 0 Å². The molecule has 0 amide bonds. The first-order valence-electron chi connectivity index (χ1n) is 18.2. The lowest BCUT2D eigenvalue weighted by Gasteiger charge is -2.26. The molecule has 0 spiro atoms. The van der Waals surface area contributed by atoms with Gasteiger partial charge in [0.1, 0.15) is 36.7 Å². The Morgan fingerprint density at radius 1 is 0.531 bits per heavy atom. The van der Waals surface area contributed by atoms with Crippen LogP contribution in [0.4, 0.5) is 5.69 Å². The number of nitrogens with zero attached hydrogens (tertiary/aromatic N) is 4. The highest BCUT2D eigenvalue weighted by atomic mass is 16.5. The van der Waals surface area contributed by atoms with E-state index in [1.165, 1.54) is 33.4 Å². The van der Waals surface area contributed by atoms with Gasteiger partial charge in [-0.2, -0.15) is 0 Å². The van der Waals surface area contributed by atoms with Crippen LogP contribution in [0.15, 0.2) is 58.5 Å². The lowest BCUT2D eigenvalue weighted by Crippen LogP contribution is -2.23. The maximum absolute atomic E-state index is 6.35. The van der Waals surface area contributed by atoms with Crippen LogP contribution in [-0.4, -0.2) is 43.1 Å². The smallest absolute Gasteiger partial charge is 0.236 e. The quantitative estimate of drug-likeness (QED) is 0.252. The molecule has 6 nitrogen and oxygen atoms in total. The fourth-order valence-electron chi connectivity index (χ4n) is 6.30. The number of pyridine rings is 1. The fourth-order valence-corrected chi connectivity index (χ4v) is 6.30. The molecule has 0 fully saturated rings. The third-order valence-electron chi connectivity index (χ3n) is 9.82. The van der Waals surface area contributed by atoms with Gasteiger partial charge in [-0.1, -0.05) is 119 Å². The standard InChI is InChI=1S/C43H60N4O2/c1-15-47(16-2)33-23-34(38-45-36(25-48-38)27-17-29(40(3,4)5)21-30(18-27)41(6,7)8)44-35(24-33)39-46-37(26-49-39)28-19-31(42(9,10)11)22-32(20-28)43(12,13)14/h17-24,36-37H,15-16,25-26H2,1-14H3. The summed E-state index contributed by atoms with van der Waals surface area (Å²) in [6, 6.07) is 17.9. The highest BCUT2D eigenvalue weighted by Gasteiger charge is 2.30. The molecule has 0 bridgehead atoms. The fraction of sp³-hybridized carbons (Fsp3) is 0.558. The van der Waals surface area contributed by atoms with Crippen molar-refractivity contribution in [3.8, 4) is 0 Å². The number of rotatable bonds is 7. The summed E-state index contributed by atoms with van der Waals surface area (Å²) in [6.45, 7) is 34.3. The lowest BCUT2D eigenvalue weighted by molar-refractivity contribution is 0.317. The number of ether oxygens (including phenoxy) is 2. The van der Waals surface area contributed by atoms with E-state index >= 15 is 0 Å². The SMILES string of the molecule is CCN(CC)c1cc(C2=NC(c3cc(C(C)(C)C)cc(C(C)(C)C)c3)CO2)nc(C2=NC(c3cc(C(C)(C)C)cc(C(C)(C)C)c3)CO2)c1. The molecule has 2 unspecified atom stereocenters. The van der Waals surface area contributed by atoms with E-state index in [2.05, 4.69) is 150 Å². The van der Waals surface area contributed by atoms with Crippen molar-refractivity contribution in [2.45, 2.75) is 131 Å². The first-order chi connectivity index (χ1) is 22.7. The van der Waals surface area contributed by atoms with Crippen LogP contribution in [-0.2, 0) is 31.1 Å². The minimum absolute atomic E-state index is 0.0266. The normalized spacial score (nSPS) is 18.6. The van der Waals surface area contributed by atoms with Crippen LogP contribution < -0.4 is 4.90 Å². The Morgan fingerprint density at radius 2 is 0.857 bits per heavy atom. The van der Waals surface area contributed by atoms with Crippen LogP contribution in [0.3, 0.4) is 0 Å². The number of hydrogen-bond donors (Lipinski definition) is 0. The minimum Gasteiger partial charge on any atom is -0.474 e. The van der Waals surface area contributed by atoms with Crippen LogP contribution in [0.1, 0.15) is 154 Å². The third kappa shape index (κ3) is 8.22. The molecule has 5 rings (SSSR count). The first kappa shape index (κ1) is 36.6. The zero-order valence-electron chi connectivity index (χ0n) is 32.7. The van der Waals surface area contributed by atoms with Crippen molar-refractivity contribution in [2.75, 3.05) is 31.2 Å². The number of hydrogen-bond acceptors (Lipinski definition) is 6. The van der Waals surface area contributed by atoms with Crippen molar-refractivity contribution >= 4 is 17.5 Å². The first-order valence-corrected chi connectivity index (χ1v) is 18.2. The van der Waals surface area contributed by atoms with E-state index in [9.17, 15) is 0 Å². The van der Waals surface area contributed by atoms with Gasteiger partial charge in [-0.05, 0) is 81.0 Å². The number of aromatic nitrogens is 1. The van der Waals surface area contributed by atoms with E-state index in [0.717, 1.165) is 18.8 Å². The van der Waals surface area contributed by atoms with Crippen LogP contribution in [0.2, 0.25) is 0 Å². The summed E-state index contributed by atoms with van der Waals surface area (Å²) in [5.74, 6) is 1.14. The topological polar surface area (TPSA) is 59.3 Å². The zero-order valence-corrected chi connectivity index (χ0v) is 32.7. The van der Waals surface area contributed by atoms with Crippen LogP contribution >= 0.6 is 0 Å². The summed E-state index contributed by atoms with van der Waals surface area (Å²) in [7, 11) is 0. The summed E-state index contributed by atoms with van der Waals surface area (Å²) in [6.07, 6.45) is 0. The Kier molecular flexibility index (Phi) is 9.88. The van der Waals surface area contributed by atoms with Gasteiger partial charge < -0.3 is 14.4 Å². The van der Waals surface area contributed by atoms with Crippen LogP contribution in [0, 0.1) is 0 Å². The van der Waals surface area contributed by atoms with Gasteiger partial charge in [0, 0.05) is 18.8 Å². The highest BCUT2D eigenvalue weighted by molar-refractivity contribution is 5.99. The Morgan fingerprint density at radius 3 is 1.14 bits per heavy atom. The van der Waals surface area contributed by atoms with Gasteiger partial charge >= 0.3 is 0 Å². The third-order valence-corrected chi connectivity index (χ3v) is 9.82. The second-order valence-corrected chi connectivity index (χ2v) is 18.0. The van der Waals surface area contributed by atoms with Gasteiger partial charge in [0.25, 0.3) is 0 Å². The molecule has 1 aromatic heterocycles. The summed E-state index contributed by atoms with van der Waals surface area (Å²) < 4.78 is 12.7. The molecule has 3 heterocycles. The maximum atomic E-state index is 6.35. The summed E-state index contributed by atoms with van der Waals surface area (Å²) in [5, 5.41) is 0. The average Bonchev–Trinajstić information content (AvgIpc) is 3.71. The molecular weight excluding hydrogens is 604 g/mol. The Labute approximate surface area is 296 Å². The molecule has 0 radical (unpaired) electrons. The molecule has 0 N–H and O–H groups in total. The number of aliphatic imine (C=N–C) groups is 2. The van der Waals surface area contributed by atoms with E-state index in [1.807, 2.05) is 0 Å². The Hall–Kier alpha value is -3.67. The van der Waals surface area contributed by atoms with Gasteiger partial charge in [0.2, 0.25) is 11.8 Å². The van der Waals surface area contributed by atoms with Gasteiger partial charge in [-0.3, -0.25) is 0 Å². The molecule has 264 valence electrons. The second-order valence-electron chi connectivity index (χ2n) is 18.0. The van der Waals surface area contributed by atoms with Crippen molar-refractivity contribution in [1.29, 1.82) is 0 Å². The molecule has 6 heteroatoms. The molecule has 2 aliphatic rings. The molecule has 2 aliphatic heterocycles. The predicted molar refractivity (Wildman–Crippen MR) is 206 cm³/mol. The van der Waals surface area contributed by atoms with E-state index in [-0.39, 0.29) is 33.7 Å². The van der Waals surface area contributed by atoms with Gasteiger partial charge in [0.15, 0.2) is 0 Å². The lowest BCUT2D eigenvalue weighted by atomic mass is 9.79. The van der Waals surface area contributed by atoms with Crippen molar-refractivity contribution < 1.29 is 9.47 Å². The highest BCUT2D eigenvalue weighted by Crippen LogP contribution is 2.37. The van der Waals surface area contributed by atoms with E-state index in [1.54, 1.807) is 0 Å². The molecular formula is C43H60N4O2. The van der Waals surface area contributed by atoms with Crippen LogP contribution in [0.25, 0.3) is 0 Å². The maximum Gasteiger partial charge on any atom is 0.236 e. The summed E-state index contributed by atoms with van der Waals surface area (Å²) in [4.78, 5) is 17.7. The molecule has 2 atom stereocenters. The molecule has 49 heavy (non-hydrogen) atoms. The van der Waals surface area contributed by atoms with E-state index in [0.29, 0.717) is 36.4 Å². The van der Waals surface area contributed by atoms with Gasteiger partial charge in [-0.15, -0.1) is 0 Å². The summed E-state index contributed by atoms with van der Waals surface area (Å²) in [5.41, 5.74) is 10.2. The minimum atomic E-state index is -0.0997. The molecule has 0 aliphatic carbocycles. The summed E-state index contributed by atoms with van der Waals surface area (Å²) >= 11 is 0. The van der Waals surface area contributed by atoms with E-state index < -0.39 is 0 Å². The monoisotopic (exact) mass is 664 g/mol. The molecule has 0 saturated heterocycles. The Bertz CT molecular complexity index is 1550. The van der Waals surface area contributed by atoms with E-state index in [4.69, 9.17) is 24.4 Å². The molecule has 2 aromatic carbocycles. The van der Waals surface area contributed by atoms with Gasteiger partial charge in [0.05, 0.1) is 0 Å². The average molecular weight is 665 g/mol. The van der Waals surface area contributed by atoms with Gasteiger partial charge in [-0.25, -0.2) is 15.0 Å². The van der Waals surface area contributed by atoms with Crippen molar-refractivity contribution in [3.05, 3.63) is 93.3 Å². The second kappa shape index (κ2) is 13.2. The predicted octanol–water partition coefficient (Wildman–Crippen LogP) is 10.2. The number of benzene rings is 2. The molecule has 3 aromatic rings. The van der Waals surface area contributed by atoms with Crippen molar-refractivity contribution in [1.82, 2.24) is 4.98 Å². The Balaban J connectivity index is 1.55. The van der Waals surface area contributed by atoms with Crippen molar-refractivity contribution in [3.63, 3.8) is 0 Å². The van der Waals surface area contributed by atoms with Crippen molar-refractivity contribution in [2.24, 2.45) is 9.98 Å². The zero-order chi connectivity index (χ0) is 36.1.